The van der Waals surface area contributed by atoms with Gasteiger partial charge in [0.2, 0.25) is 0 Å². The van der Waals surface area contributed by atoms with Crippen LogP contribution in [0.15, 0.2) is 23.1 Å². The fourth-order valence-electron chi connectivity index (χ4n) is 0.852. The molecule has 1 aromatic carbocycles. The second kappa shape index (κ2) is 4.28. The first-order chi connectivity index (χ1) is 5.41. The molecule has 3 nitrogen and oxygen atoms in total. The summed E-state index contributed by atoms with van der Waals surface area (Å²) in [5, 5.41) is 0.285. The van der Waals surface area contributed by atoms with E-state index >= 15 is 0 Å². The molecule has 1 rings (SSSR count). The van der Waals surface area contributed by atoms with Crippen molar-refractivity contribution >= 4 is 34.1 Å². The topological polar surface area (TPSA) is 54.4 Å². The number of rotatable bonds is 1. The summed E-state index contributed by atoms with van der Waals surface area (Å²) in [7, 11) is -4.14. The molecule has 0 saturated heterocycles. The minimum absolute atomic E-state index is 0. The van der Waals surface area contributed by atoms with Crippen molar-refractivity contribution < 1.29 is 13.0 Å². The molecule has 74 valence electrons. The number of hydrogen-bond donors (Lipinski definition) is 1. The van der Waals surface area contributed by atoms with Crippen LogP contribution in [-0.2, 0) is 10.1 Å². The van der Waals surface area contributed by atoms with E-state index in [0.29, 0.717) is 5.56 Å². The molecule has 0 atom stereocenters. The standard InChI is InChI=1S/C7H7ClO3S.ClH/c1-5-2-3-6(8)4-7(5)12(9,10)11;/h2-4H,1H3,(H,9,10,11);1H. The highest BCUT2D eigenvalue weighted by atomic mass is 35.5. The van der Waals surface area contributed by atoms with Crippen LogP contribution in [-0.4, -0.2) is 13.0 Å². The number of halogens is 2. The Morgan fingerprint density at radius 3 is 2.31 bits per heavy atom. The van der Waals surface area contributed by atoms with Crippen LogP contribution in [0.1, 0.15) is 5.56 Å². The van der Waals surface area contributed by atoms with Crippen LogP contribution in [0.25, 0.3) is 0 Å². The Morgan fingerprint density at radius 2 is 1.92 bits per heavy atom. The predicted molar refractivity (Wildman–Crippen MR) is 53.3 cm³/mol. The maximum Gasteiger partial charge on any atom is 0.294 e. The van der Waals surface area contributed by atoms with Gasteiger partial charge < -0.3 is 0 Å². The van der Waals surface area contributed by atoms with Crippen LogP contribution in [0.2, 0.25) is 5.02 Å². The van der Waals surface area contributed by atoms with Gasteiger partial charge in [0.15, 0.2) is 0 Å². The number of hydrogen-bond acceptors (Lipinski definition) is 2. The van der Waals surface area contributed by atoms with E-state index in [-0.39, 0.29) is 22.3 Å². The Bertz CT molecular complexity index is 400. The summed E-state index contributed by atoms with van der Waals surface area (Å²) < 4.78 is 30.1. The summed E-state index contributed by atoms with van der Waals surface area (Å²) in [6.45, 7) is 1.58. The van der Waals surface area contributed by atoms with Gasteiger partial charge in [-0.05, 0) is 24.6 Å². The molecule has 0 radical (unpaired) electrons. The van der Waals surface area contributed by atoms with Gasteiger partial charge in [-0.3, -0.25) is 4.55 Å². The van der Waals surface area contributed by atoms with Crippen molar-refractivity contribution in [3.8, 4) is 0 Å². The zero-order chi connectivity index (χ0) is 9.35. The van der Waals surface area contributed by atoms with Gasteiger partial charge in [0.1, 0.15) is 0 Å². The second-order valence-corrected chi connectivity index (χ2v) is 4.21. The van der Waals surface area contributed by atoms with Crippen LogP contribution in [0, 0.1) is 6.92 Å². The number of benzene rings is 1. The van der Waals surface area contributed by atoms with Gasteiger partial charge in [0, 0.05) is 5.02 Å². The summed E-state index contributed by atoms with van der Waals surface area (Å²) in [5.41, 5.74) is 0.474. The third-order valence-electron chi connectivity index (χ3n) is 1.43. The summed E-state index contributed by atoms with van der Waals surface area (Å²) in [4.78, 5) is -0.144. The largest absolute Gasteiger partial charge is 0.294 e. The average molecular weight is 243 g/mol. The zero-order valence-electron chi connectivity index (χ0n) is 6.69. The first-order valence-electron chi connectivity index (χ1n) is 3.15. The maximum atomic E-state index is 10.7. The molecule has 0 aliphatic rings. The molecule has 6 heteroatoms. The van der Waals surface area contributed by atoms with Crippen LogP contribution in [0.4, 0.5) is 0 Å². The zero-order valence-corrected chi connectivity index (χ0v) is 9.08. The number of aryl methyl sites for hydroxylation is 1. The van der Waals surface area contributed by atoms with Crippen molar-refractivity contribution in [2.75, 3.05) is 0 Å². The predicted octanol–water partition coefficient (Wildman–Crippen LogP) is 2.32. The van der Waals surface area contributed by atoms with Gasteiger partial charge >= 0.3 is 0 Å². The Hall–Kier alpha value is -0.290. The molecule has 0 saturated carbocycles. The summed E-state index contributed by atoms with van der Waals surface area (Å²) >= 11 is 5.55. The van der Waals surface area contributed by atoms with E-state index in [0.717, 1.165) is 0 Å². The SMILES string of the molecule is Cc1ccc(Cl)cc1S(=O)(=O)O.Cl. The normalized spacial score (nSPS) is 10.7. The quantitative estimate of drug-likeness (QED) is 0.770. The smallest absolute Gasteiger partial charge is 0.282 e. The van der Waals surface area contributed by atoms with Crippen molar-refractivity contribution in [3.63, 3.8) is 0 Å². The minimum Gasteiger partial charge on any atom is -0.282 e. The average Bonchev–Trinajstić information content (AvgIpc) is 1.92. The van der Waals surface area contributed by atoms with Gasteiger partial charge in [-0.25, -0.2) is 0 Å². The highest BCUT2D eigenvalue weighted by molar-refractivity contribution is 7.85. The Labute approximate surface area is 87.9 Å². The van der Waals surface area contributed by atoms with Crippen molar-refractivity contribution in [2.24, 2.45) is 0 Å². The third-order valence-corrected chi connectivity index (χ3v) is 2.66. The molecular formula is C7H8Cl2O3S. The van der Waals surface area contributed by atoms with Crippen molar-refractivity contribution in [1.29, 1.82) is 0 Å². The molecule has 0 bridgehead atoms. The van der Waals surface area contributed by atoms with E-state index in [4.69, 9.17) is 16.2 Å². The Balaban J connectivity index is 0.00000144. The molecule has 1 N–H and O–H groups in total. The molecule has 0 aromatic heterocycles. The molecule has 0 amide bonds. The van der Waals surface area contributed by atoms with Crippen LogP contribution < -0.4 is 0 Å². The lowest BCUT2D eigenvalue weighted by Gasteiger charge is -2.01. The van der Waals surface area contributed by atoms with Gasteiger partial charge in [-0.1, -0.05) is 17.7 Å². The Morgan fingerprint density at radius 1 is 1.38 bits per heavy atom. The molecule has 0 heterocycles. The van der Waals surface area contributed by atoms with Gasteiger partial charge in [-0.2, -0.15) is 8.42 Å². The van der Waals surface area contributed by atoms with E-state index in [1.165, 1.54) is 12.1 Å². The minimum atomic E-state index is -4.14. The summed E-state index contributed by atoms with van der Waals surface area (Å²) in [6, 6.07) is 4.31. The first-order valence-corrected chi connectivity index (χ1v) is 4.97. The lowest BCUT2D eigenvalue weighted by molar-refractivity contribution is 0.482. The third kappa shape index (κ3) is 3.15. The van der Waals surface area contributed by atoms with E-state index in [9.17, 15) is 8.42 Å². The second-order valence-electron chi connectivity index (χ2n) is 2.38. The molecule has 1 aromatic rings. The lowest BCUT2D eigenvalue weighted by Crippen LogP contribution is -2.00. The van der Waals surface area contributed by atoms with Gasteiger partial charge in [-0.15, -0.1) is 12.4 Å². The van der Waals surface area contributed by atoms with E-state index in [1.807, 2.05) is 0 Å². The van der Waals surface area contributed by atoms with E-state index < -0.39 is 10.1 Å². The van der Waals surface area contributed by atoms with Gasteiger partial charge in [0.05, 0.1) is 4.90 Å². The van der Waals surface area contributed by atoms with Crippen molar-refractivity contribution in [2.45, 2.75) is 11.8 Å². The van der Waals surface area contributed by atoms with Crippen LogP contribution in [0.3, 0.4) is 0 Å². The molecule has 0 aliphatic carbocycles. The Kier molecular flexibility index (Phi) is 4.19. The summed E-state index contributed by atoms with van der Waals surface area (Å²) in [5.74, 6) is 0. The molecule has 0 unspecified atom stereocenters. The fraction of sp³-hybridized carbons (Fsp3) is 0.143. The molecule has 0 aliphatic heterocycles. The van der Waals surface area contributed by atoms with Crippen molar-refractivity contribution in [3.05, 3.63) is 28.8 Å². The maximum absolute atomic E-state index is 10.7. The summed E-state index contributed by atoms with van der Waals surface area (Å²) in [6.07, 6.45) is 0. The molecular weight excluding hydrogens is 235 g/mol. The van der Waals surface area contributed by atoms with Crippen LogP contribution >= 0.6 is 24.0 Å². The fourth-order valence-corrected chi connectivity index (χ4v) is 1.84. The van der Waals surface area contributed by atoms with Crippen LogP contribution in [0.5, 0.6) is 0 Å². The lowest BCUT2D eigenvalue weighted by atomic mass is 10.2. The van der Waals surface area contributed by atoms with Gasteiger partial charge in [0.25, 0.3) is 10.1 Å². The molecule has 0 spiro atoms. The van der Waals surface area contributed by atoms with Crippen molar-refractivity contribution in [1.82, 2.24) is 0 Å². The highest BCUT2D eigenvalue weighted by Crippen LogP contribution is 2.19. The van der Waals surface area contributed by atoms with E-state index in [2.05, 4.69) is 0 Å². The first kappa shape index (κ1) is 12.7. The van der Waals surface area contributed by atoms with E-state index in [1.54, 1.807) is 13.0 Å². The monoisotopic (exact) mass is 242 g/mol. The molecule has 13 heavy (non-hydrogen) atoms. The highest BCUT2D eigenvalue weighted by Gasteiger charge is 2.12. The molecule has 0 fully saturated rings.